The Morgan fingerprint density at radius 3 is 1.23 bits per heavy atom. The van der Waals surface area contributed by atoms with Gasteiger partial charge in [-0.2, -0.15) is 0 Å². The van der Waals surface area contributed by atoms with E-state index in [9.17, 15) is 4.79 Å². The van der Waals surface area contributed by atoms with Crippen molar-refractivity contribution in [2.75, 3.05) is 0 Å². The number of unbranched alkanes of at least 4 members (excludes halogenated alkanes) is 23. The highest BCUT2D eigenvalue weighted by Gasteiger charge is 2.36. The van der Waals surface area contributed by atoms with Crippen molar-refractivity contribution in [3.63, 3.8) is 0 Å². The van der Waals surface area contributed by atoms with Crippen molar-refractivity contribution in [1.29, 1.82) is 0 Å². The van der Waals surface area contributed by atoms with Crippen molar-refractivity contribution in [2.24, 2.45) is 5.92 Å². The van der Waals surface area contributed by atoms with Gasteiger partial charge in [0.05, 0.1) is 0 Å². The minimum Gasteiger partial charge on any atom is -0.430 e. The monoisotopic (exact) mass is 557 g/mol. The topological polar surface area (TPSA) is 26.3 Å². The van der Waals surface area contributed by atoms with Crippen molar-refractivity contribution in [3.05, 3.63) is 36.1 Å². The number of carbonyl (C=O) groups is 1. The molecular weight excluding hydrogens is 488 g/mol. The number of esters is 1. The first-order valence-corrected chi connectivity index (χ1v) is 18.0. The Morgan fingerprint density at radius 2 is 0.825 bits per heavy atom. The molecule has 1 aliphatic heterocycles. The van der Waals surface area contributed by atoms with Crippen molar-refractivity contribution >= 4 is 5.97 Å². The van der Waals surface area contributed by atoms with E-state index in [0.29, 0.717) is 0 Å². The molecule has 0 N–H and O–H groups in total. The quantitative estimate of drug-likeness (QED) is 0.0499. The molecule has 1 unspecified atom stereocenters. The first-order chi connectivity index (χ1) is 19.8. The van der Waals surface area contributed by atoms with Gasteiger partial charge in [0.1, 0.15) is 11.7 Å². The summed E-state index contributed by atoms with van der Waals surface area (Å²) in [4.78, 5) is 11.9. The molecule has 0 radical (unpaired) electrons. The van der Waals surface area contributed by atoms with Gasteiger partial charge in [0.25, 0.3) is 0 Å². The van der Waals surface area contributed by atoms with Gasteiger partial charge in [-0.05, 0) is 63.9 Å². The minimum atomic E-state index is 0.0139. The molecule has 1 heterocycles. The van der Waals surface area contributed by atoms with Gasteiger partial charge >= 0.3 is 5.97 Å². The highest BCUT2D eigenvalue weighted by molar-refractivity contribution is 5.82. The Bertz CT molecular complexity index is 644. The minimum absolute atomic E-state index is 0.0139. The van der Waals surface area contributed by atoms with E-state index in [2.05, 4.69) is 44.2 Å². The first-order valence-electron chi connectivity index (χ1n) is 18.0. The number of hydrogen-bond acceptors (Lipinski definition) is 2. The van der Waals surface area contributed by atoms with Crippen molar-refractivity contribution < 1.29 is 9.53 Å². The standard InChI is InChI=1S/C38H68O2/c1-3-5-7-9-11-13-15-17-19-21-23-25-27-29-31-33-35-37-36(38(39)40-37)34-32-30-28-26-24-22-20-18-16-14-12-10-8-6-4-2/h7-10,35-36H,3-6,11-34H2,1-2H3/b9-7+,10-8+,37-35+. The second kappa shape index (κ2) is 29.2. The molecule has 232 valence electrons. The van der Waals surface area contributed by atoms with Gasteiger partial charge in [-0.15, -0.1) is 0 Å². The van der Waals surface area contributed by atoms with E-state index in [-0.39, 0.29) is 11.9 Å². The maximum absolute atomic E-state index is 11.9. The van der Waals surface area contributed by atoms with Gasteiger partial charge in [0.2, 0.25) is 0 Å². The summed E-state index contributed by atoms with van der Waals surface area (Å²) in [5.41, 5.74) is 0. The molecule has 1 aliphatic rings. The van der Waals surface area contributed by atoms with Crippen LogP contribution in [-0.2, 0) is 9.53 Å². The molecule has 0 amide bonds. The van der Waals surface area contributed by atoms with Crippen LogP contribution in [0.2, 0.25) is 0 Å². The van der Waals surface area contributed by atoms with Crippen molar-refractivity contribution in [1.82, 2.24) is 0 Å². The molecule has 0 aromatic heterocycles. The fraction of sp³-hybridized carbons (Fsp3) is 0.816. The molecule has 0 aliphatic carbocycles. The summed E-state index contributed by atoms with van der Waals surface area (Å²) in [5, 5.41) is 0. The summed E-state index contributed by atoms with van der Waals surface area (Å²) in [6, 6.07) is 0. The Morgan fingerprint density at radius 1 is 0.475 bits per heavy atom. The number of carbonyl (C=O) groups excluding carboxylic acids is 1. The number of allylic oxidation sites excluding steroid dienone is 5. The van der Waals surface area contributed by atoms with Crippen LogP contribution in [0.15, 0.2) is 36.1 Å². The lowest BCUT2D eigenvalue weighted by Crippen LogP contribution is -2.32. The largest absolute Gasteiger partial charge is 0.430 e. The third-order valence-electron chi connectivity index (χ3n) is 8.37. The van der Waals surface area contributed by atoms with Crippen molar-refractivity contribution in [3.8, 4) is 0 Å². The average molecular weight is 557 g/mol. The van der Waals surface area contributed by atoms with Gasteiger partial charge in [-0.1, -0.05) is 160 Å². The van der Waals surface area contributed by atoms with Crippen LogP contribution in [0.1, 0.15) is 194 Å². The summed E-state index contributed by atoms with van der Waals surface area (Å²) in [7, 11) is 0. The van der Waals surface area contributed by atoms with Crippen LogP contribution < -0.4 is 0 Å². The predicted octanol–water partition coefficient (Wildman–Crippen LogP) is 13.1. The fourth-order valence-electron chi connectivity index (χ4n) is 5.66. The van der Waals surface area contributed by atoms with Crippen LogP contribution in [0.5, 0.6) is 0 Å². The fourth-order valence-corrected chi connectivity index (χ4v) is 5.66. The zero-order chi connectivity index (χ0) is 28.8. The molecule has 1 saturated heterocycles. The van der Waals surface area contributed by atoms with Gasteiger partial charge in [-0.3, -0.25) is 4.79 Å². The third kappa shape index (κ3) is 22.4. The highest BCUT2D eigenvalue weighted by atomic mass is 16.6. The number of hydrogen-bond donors (Lipinski definition) is 0. The third-order valence-corrected chi connectivity index (χ3v) is 8.37. The molecule has 1 rings (SSSR count). The Hall–Kier alpha value is -1.31. The molecule has 2 nitrogen and oxygen atoms in total. The Labute approximate surface area is 250 Å². The van der Waals surface area contributed by atoms with Crippen molar-refractivity contribution in [2.45, 2.75) is 194 Å². The second-order valence-electron chi connectivity index (χ2n) is 12.3. The maximum atomic E-state index is 11.9. The summed E-state index contributed by atoms with van der Waals surface area (Å²) >= 11 is 0. The number of rotatable bonds is 30. The molecule has 0 bridgehead atoms. The zero-order valence-corrected chi connectivity index (χ0v) is 27.1. The second-order valence-corrected chi connectivity index (χ2v) is 12.3. The van der Waals surface area contributed by atoms with E-state index in [1.54, 1.807) is 0 Å². The smallest absolute Gasteiger partial charge is 0.321 e. The van der Waals surface area contributed by atoms with E-state index in [1.807, 2.05) is 0 Å². The SMILES string of the molecule is CCC/C=C/CCCCCCCCCCCC/C=C1/OC(=O)C1CCCCCCCCCCCC/C=C/CCC. The molecule has 0 saturated carbocycles. The van der Waals surface area contributed by atoms with Gasteiger partial charge in [0, 0.05) is 0 Å². The number of ether oxygens (including phenoxy) is 1. The molecule has 1 fully saturated rings. The summed E-state index contributed by atoms with van der Waals surface area (Å²) in [6.45, 7) is 4.48. The van der Waals surface area contributed by atoms with Crippen LogP contribution in [0, 0.1) is 5.92 Å². The van der Waals surface area contributed by atoms with Gasteiger partial charge in [0.15, 0.2) is 0 Å². The first kappa shape index (κ1) is 36.7. The molecule has 1 atom stereocenters. The van der Waals surface area contributed by atoms with Crippen LogP contribution >= 0.6 is 0 Å². The van der Waals surface area contributed by atoms with Crippen LogP contribution in [-0.4, -0.2) is 5.97 Å². The van der Waals surface area contributed by atoms with E-state index in [0.717, 1.165) is 18.6 Å². The van der Waals surface area contributed by atoms with E-state index < -0.39 is 0 Å². The summed E-state index contributed by atoms with van der Waals surface area (Å²) < 4.78 is 5.37. The lowest BCUT2D eigenvalue weighted by atomic mass is 9.93. The maximum Gasteiger partial charge on any atom is 0.321 e. The summed E-state index contributed by atoms with van der Waals surface area (Å²) in [5.74, 6) is 1.07. The van der Waals surface area contributed by atoms with Crippen LogP contribution in [0.25, 0.3) is 0 Å². The van der Waals surface area contributed by atoms with Crippen LogP contribution in [0.3, 0.4) is 0 Å². The van der Waals surface area contributed by atoms with E-state index in [4.69, 9.17) is 4.74 Å². The normalized spacial score (nSPS) is 16.4. The lowest BCUT2D eigenvalue weighted by molar-refractivity contribution is -0.157. The molecule has 0 aromatic rings. The molecular formula is C38H68O2. The molecule has 40 heavy (non-hydrogen) atoms. The molecule has 0 spiro atoms. The molecule has 0 aromatic carbocycles. The van der Waals surface area contributed by atoms with E-state index >= 15 is 0 Å². The average Bonchev–Trinajstić information content (AvgIpc) is 2.96. The van der Waals surface area contributed by atoms with E-state index in [1.165, 1.54) is 167 Å². The number of cyclic esters (lactones) is 1. The summed E-state index contributed by atoms with van der Waals surface area (Å²) in [6.07, 6.45) is 48.3. The highest BCUT2D eigenvalue weighted by Crippen LogP contribution is 2.32. The molecule has 2 heteroatoms. The lowest BCUT2D eigenvalue weighted by Gasteiger charge is -2.28. The van der Waals surface area contributed by atoms with Gasteiger partial charge in [-0.25, -0.2) is 0 Å². The van der Waals surface area contributed by atoms with Gasteiger partial charge < -0.3 is 4.74 Å². The predicted molar refractivity (Wildman–Crippen MR) is 177 cm³/mol. The zero-order valence-electron chi connectivity index (χ0n) is 27.1. The van der Waals surface area contributed by atoms with Crippen LogP contribution in [0.4, 0.5) is 0 Å². The Kier molecular flexibility index (Phi) is 26.8. The Balaban J connectivity index is 1.85.